The van der Waals surface area contributed by atoms with Crippen LogP contribution in [0.25, 0.3) is 0 Å². The highest BCUT2D eigenvalue weighted by Crippen LogP contribution is 2.17. The molecule has 0 aromatic heterocycles. The Labute approximate surface area is 119 Å². The zero-order valence-corrected chi connectivity index (χ0v) is 12.3. The average Bonchev–Trinajstić information content (AvgIpc) is 2.45. The van der Waals surface area contributed by atoms with Crippen LogP contribution in [0.15, 0.2) is 29.4 Å². The van der Waals surface area contributed by atoms with E-state index in [1.54, 1.807) is 24.3 Å². The van der Waals surface area contributed by atoms with E-state index in [-0.39, 0.29) is 17.2 Å². The number of oxime groups is 1. The summed E-state index contributed by atoms with van der Waals surface area (Å²) >= 11 is 0. The Kier molecular flexibility index (Phi) is 5.55. The molecule has 0 unspecified atom stereocenters. The van der Waals surface area contributed by atoms with Crippen LogP contribution in [0.1, 0.15) is 38.3 Å². The van der Waals surface area contributed by atoms with E-state index in [0.29, 0.717) is 18.5 Å². The van der Waals surface area contributed by atoms with Gasteiger partial charge in [0, 0.05) is 12.1 Å². The minimum atomic E-state index is 0.00284. The summed E-state index contributed by atoms with van der Waals surface area (Å²) in [5.41, 5.74) is 7.12. The molecule has 0 bridgehead atoms. The summed E-state index contributed by atoms with van der Waals surface area (Å²) in [6.45, 7) is 7.03. The standard InChI is InChI=1S/C15H23N3O2/c1-4-15(2,3)10-17-13(19)9-11-5-7-12(8-6-11)14(16)18-20/h5-8,20H,4,9-10H2,1-3H3,(H2,16,18)(H,17,19). The van der Waals surface area contributed by atoms with E-state index in [9.17, 15) is 4.79 Å². The number of benzene rings is 1. The van der Waals surface area contributed by atoms with Crippen LogP contribution in [0.5, 0.6) is 0 Å². The first-order valence-electron chi connectivity index (χ1n) is 6.71. The van der Waals surface area contributed by atoms with Gasteiger partial charge in [-0.25, -0.2) is 0 Å². The Morgan fingerprint density at radius 2 is 1.95 bits per heavy atom. The molecule has 5 heteroatoms. The first-order chi connectivity index (χ1) is 9.38. The number of nitrogens with two attached hydrogens (primary N) is 1. The SMILES string of the molecule is CCC(C)(C)CNC(=O)Cc1ccc(/C(N)=N/O)cc1. The van der Waals surface area contributed by atoms with Gasteiger partial charge in [-0.2, -0.15) is 0 Å². The van der Waals surface area contributed by atoms with Crippen molar-refractivity contribution < 1.29 is 10.0 Å². The summed E-state index contributed by atoms with van der Waals surface area (Å²) in [5, 5.41) is 14.4. The fraction of sp³-hybridized carbons (Fsp3) is 0.467. The van der Waals surface area contributed by atoms with Gasteiger partial charge in [-0.3, -0.25) is 4.79 Å². The van der Waals surface area contributed by atoms with Gasteiger partial charge in [0.25, 0.3) is 0 Å². The van der Waals surface area contributed by atoms with Crippen LogP contribution in [0.3, 0.4) is 0 Å². The molecule has 110 valence electrons. The quantitative estimate of drug-likeness (QED) is 0.321. The number of rotatable bonds is 6. The maximum absolute atomic E-state index is 11.9. The molecule has 0 saturated heterocycles. The number of hydrogen-bond acceptors (Lipinski definition) is 3. The Bertz CT molecular complexity index is 478. The molecule has 1 aromatic carbocycles. The zero-order chi connectivity index (χ0) is 15.2. The lowest BCUT2D eigenvalue weighted by molar-refractivity contribution is -0.120. The first kappa shape index (κ1) is 16.0. The average molecular weight is 277 g/mol. The van der Waals surface area contributed by atoms with Crippen LogP contribution in [-0.4, -0.2) is 23.5 Å². The van der Waals surface area contributed by atoms with Crippen molar-refractivity contribution in [2.75, 3.05) is 6.54 Å². The maximum Gasteiger partial charge on any atom is 0.224 e. The molecule has 0 aliphatic carbocycles. The van der Waals surface area contributed by atoms with Crippen molar-refractivity contribution in [3.05, 3.63) is 35.4 Å². The molecular weight excluding hydrogens is 254 g/mol. The summed E-state index contributed by atoms with van der Waals surface area (Å²) in [6, 6.07) is 7.07. The Morgan fingerprint density at radius 3 is 2.45 bits per heavy atom. The van der Waals surface area contributed by atoms with E-state index < -0.39 is 0 Å². The summed E-state index contributed by atoms with van der Waals surface area (Å²) in [7, 11) is 0. The van der Waals surface area contributed by atoms with E-state index in [0.717, 1.165) is 12.0 Å². The fourth-order valence-electron chi connectivity index (χ4n) is 1.56. The van der Waals surface area contributed by atoms with Gasteiger partial charge >= 0.3 is 0 Å². The molecule has 1 aromatic rings. The highest BCUT2D eigenvalue weighted by molar-refractivity contribution is 5.97. The summed E-state index contributed by atoms with van der Waals surface area (Å²) in [5.74, 6) is 0.0637. The largest absolute Gasteiger partial charge is 0.409 e. The van der Waals surface area contributed by atoms with Crippen molar-refractivity contribution in [1.29, 1.82) is 0 Å². The van der Waals surface area contributed by atoms with Crippen LogP contribution in [0, 0.1) is 5.41 Å². The third-order valence-electron chi connectivity index (χ3n) is 3.44. The Hall–Kier alpha value is -2.04. The van der Waals surface area contributed by atoms with E-state index in [2.05, 4.69) is 31.2 Å². The molecule has 0 saturated carbocycles. The third kappa shape index (κ3) is 4.91. The lowest BCUT2D eigenvalue weighted by Crippen LogP contribution is -2.34. The van der Waals surface area contributed by atoms with Gasteiger partial charge in [0.2, 0.25) is 5.91 Å². The maximum atomic E-state index is 11.9. The number of carbonyl (C=O) groups excluding carboxylic acids is 1. The first-order valence-corrected chi connectivity index (χ1v) is 6.71. The topological polar surface area (TPSA) is 87.7 Å². The molecule has 1 amide bonds. The highest BCUT2D eigenvalue weighted by atomic mass is 16.4. The molecule has 0 radical (unpaired) electrons. The van der Waals surface area contributed by atoms with E-state index in [4.69, 9.17) is 10.9 Å². The van der Waals surface area contributed by atoms with Crippen LogP contribution < -0.4 is 11.1 Å². The zero-order valence-electron chi connectivity index (χ0n) is 12.3. The second-order valence-corrected chi connectivity index (χ2v) is 5.65. The second-order valence-electron chi connectivity index (χ2n) is 5.65. The van der Waals surface area contributed by atoms with Crippen molar-refractivity contribution >= 4 is 11.7 Å². The summed E-state index contributed by atoms with van der Waals surface area (Å²) in [6.07, 6.45) is 1.35. The lowest BCUT2D eigenvalue weighted by atomic mass is 9.90. The second kappa shape index (κ2) is 6.93. The van der Waals surface area contributed by atoms with Gasteiger partial charge in [-0.15, -0.1) is 0 Å². The van der Waals surface area contributed by atoms with E-state index in [1.807, 2.05) is 0 Å². The van der Waals surface area contributed by atoms with Gasteiger partial charge in [0.15, 0.2) is 5.84 Å². The van der Waals surface area contributed by atoms with Gasteiger partial charge in [0.05, 0.1) is 6.42 Å². The van der Waals surface area contributed by atoms with Crippen molar-refractivity contribution in [3.63, 3.8) is 0 Å². The molecule has 0 aliphatic rings. The molecule has 0 spiro atoms. The van der Waals surface area contributed by atoms with Crippen LogP contribution in [-0.2, 0) is 11.2 Å². The Balaban J connectivity index is 2.55. The van der Waals surface area contributed by atoms with Crippen molar-refractivity contribution in [2.24, 2.45) is 16.3 Å². The molecule has 5 nitrogen and oxygen atoms in total. The predicted octanol–water partition coefficient (Wildman–Crippen LogP) is 1.88. The van der Waals surface area contributed by atoms with Crippen LogP contribution in [0.4, 0.5) is 0 Å². The fourth-order valence-corrected chi connectivity index (χ4v) is 1.56. The lowest BCUT2D eigenvalue weighted by Gasteiger charge is -2.22. The van der Waals surface area contributed by atoms with Crippen LogP contribution >= 0.6 is 0 Å². The minimum absolute atomic E-state index is 0.00284. The van der Waals surface area contributed by atoms with Crippen molar-refractivity contribution in [3.8, 4) is 0 Å². The molecule has 0 atom stereocenters. The monoisotopic (exact) mass is 277 g/mol. The third-order valence-corrected chi connectivity index (χ3v) is 3.44. The van der Waals surface area contributed by atoms with E-state index >= 15 is 0 Å². The number of nitrogens with one attached hydrogen (secondary N) is 1. The van der Waals surface area contributed by atoms with Gasteiger partial charge < -0.3 is 16.3 Å². The van der Waals surface area contributed by atoms with Crippen molar-refractivity contribution in [1.82, 2.24) is 5.32 Å². The smallest absolute Gasteiger partial charge is 0.224 e. The van der Waals surface area contributed by atoms with Gasteiger partial charge in [-0.05, 0) is 17.4 Å². The number of carbonyl (C=O) groups is 1. The minimum Gasteiger partial charge on any atom is -0.409 e. The summed E-state index contributed by atoms with van der Waals surface area (Å²) in [4.78, 5) is 11.9. The van der Waals surface area contributed by atoms with Gasteiger partial charge in [-0.1, -0.05) is 50.2 Å². The van der Waals surface area contributed by atoms with Crippen LogP contribution in [0.2, 0.25) is 0 Å². The number of amides is 1. The molecule has 0 fully saturated rings. The molecule has 4 N–H and O–H groups in total. The number of hydrogen-bond donors (Lipinski definition) is 3. The molecular formula is C15H23N3O2. The molecule has 0 heterocycles. The number of nitrogens with zero attached hydrogens (tertiary/aromatic N) is 1. The van der Waals surface area contributed by atoms with E-state index in [1.165, 1.54) is 0 Å². The molecule has 1 rings (SSSR count). The van der Waals surface area contributed by atoms with Gasteiger partial charge in [0.1, 0.15) is 0 Å². The predicted molar refractivity (Wildman–Crippen MR) is 79.7 cm³/mol. The summed E-state index contributed by atoms with van der Waals surface area (Å²) < 4.78 is 0. The Morgan fingerprint density at radius 1 is 1.35 bits per heavy atom. The number of amidine groups is 1. The van der Waals surface area contributed by atoms with Crippen molar-refractivity contribution in [2.45, 2.75) is 33.6 Å². The normalized spacial score (nSPS) is 12.2. The highest BCUT2D eigenvalue weighted by Gasteiger charge is 2.16. The molecule has 0 aliphatic heterocycles. The molecule has 20 heavy (non-hydrogen) atoms.